The molecule has 0 unspecified atom stereocenters. The van der Waals surface area contributed by atoms with Crippen LogP contribution in [0.25, 0.3) is 22.5 Å². The minimum atomic E-state index is 0.0689. The number of imidazole rings is 1. The maximum absolute atomic E-state index is 11.9. The molecule has 1 aromatic carbocycles. The molecule has 5 nitrogen and oxygen atoms in total. The van der Waals surface area contributed by atoms with E-state index in [1.54, 1.807) is 18.7 Å². The molecule has 27 heavy (non-hydrogen) atoms. The van der Waals surface area contributed by atoms with Crippen LogP contribution in [0.5, 0.6) is 0 Å². The first kappa shape index (κ1) is 17.8. The summed E-state index contributed by atoms with van der Waals surface area (Å²) < 4.78 is 2.29. The Kier molecular flexibility index (Phi) is 4.99. The van der Waals surface area contributed by atoms with Crippen LogP contribution in [0.2, 0.25) is 0 Å². The zero-order valence-electron chi connectivity index (χ0n) is 15.6. The smallest absolute Gasteiger partial charge is 0.223 e. The molecule has 3 aromatic rings. The van der Waals surface area contributed by atoms with Crippen molar-refractivity contribution in [1.82, 2.24) is 14.5 Å². The van der Waals surface area contributed by atoms with Crippen LogP contribution in [0.4, 0.5) is 5.69 Å². The number of hydrogen-bond acceptors (Lipinski definition) is 4. The summed E-state index contributed by atoms with van der Waals surface area (Å²) in [6, 6.07) is 12.2. The highest BCUT2D eigenvalue weighted by Crippen LogP contribution is 2.39. The third kappa shape index (κ3) is 3.37. The summed E-state index contributed by atoms with van der Waals surface area (Å²) in [6.45, 7) is 5.39. The van der Waals surface area contributed by atoms with E-state index >= 15 is 0 Å². The predicted octanol–water partition coefficient (Wildman–Crippen LogP) is 4.48. The Bertz CT molecular complexity index is 950. The monoisotopic (exact) mass is 378 g/mol. The van der Waals surface area contributed by atoms with Gasteiger partial charge >= 0.3 is 0 Å². The Balaban J connectivity index is 1.75. The number of nitrogens with zero attached hydrogens (tertiary/aromatic N) is 4. The lowest BCUT2D eigenvalue weighted by Crippen LogP contribution is -2.28. The lowest BCUT2D eigenvalue weighted by molar-refractivity contribution is -0.116. The minimum Gasteiger partial charge on any atom is -0.318 e. The molecule has 0 spiro atoms. The molecular formula is C21H22N4OS. The van der Waals surface area contributed by atoms with Crippen LogP contribution >= 0.6 is 11.8 Å². The van der Waals surface area contributed by atoms with Gasteiger partial charge in [-0.3, -0.25) is 9.78 Å². The molecule has 1 aliphatic heterocycles. The number of carbonyl (C=O) groups excluding carboxylic acids is 1. The highest BCUT2D eigenvalue weighted by atomic mass is 32.2. The summed E-state index contributed by atoms with van der Waals surface area (Å²) in [5, 5.41) is 1.07. The number of carbonyl (C=O) groups is 1. The fraction of sp³-hybridized carbons (Fsp3) is 0.286. The zero-order valence-corrected chi connectivity index (χ0v) is 16.4. The van der Waals surface area contributed by atoms with Gasteiger partial charge < -0.3 is 9.47 Å². The summed E-state index contributed by atoms with van der Waals surface area (Å²) in [7, 11) is 0. The Hall–Kier alpha value is -2.60. The van der Waals surface area contributed by atoms with Crippen LogP contribution in [0, 0.1) is 0 Å². The number of amides is 1. The molecule has 0 atom stereocenters. The summed E-state index contributed by atoms with van der Waals surface area (Å²) in [5.41, 5.74) is 5.25. The fourth-order valence-electron chi connectivity index (χ4n) is 3.47. The van der Waals surface area contributed by atoms with Gasteiger partial charge in [-0.2, -0.15) is 0 Å². The Morgan fingerprint density at radius 3 is 2.56 bits per heavy atom. The van der Waals surface area contributed by atoms with E-state index in [9.17, 15) is 4.79 Å². The standard InChI is InChI=1S/C21H22N4OS/c1-3-12-24(15(2)26)18-6-4-16(5-7-18)19-20(17-8-10-22-11-9-17)25-13-14-27-21(25)23-19/h4-11H,3,12-14H2,1-2H3. The van der Waals surface area contributed by atoms with Crippen molar-refractivity contribution in [3.8, 4) is 22.5 Å². The van der Waals surface area contributed by atoms with Gasteiger partial charge in [-0.25, -0.2) is 4.98 Å². The highest BCUT2D eigenvalue weighted by Gasteiger charge is 2.24. The van der Waals surface area contributed by atoms with Crippen molar-refractivity contribution in [2.75, 3.05) is 17.2 Å². The van der Waals surface area contributed by atoms with Gasteiger partial charge in [0, 0.05) is 55.0 Å². The van der Waals surface area contributed by atoms with E-state index in [0.717, 1.165) is 58.6 Å². The molecule has 0 N–H and O–H groups in total. The number of anilines is 1. The lowest BCUT2D eigenvalue weighted by atomic mass is 10.0. The SMILES string of the molecule is CCCN(C(C)=O)c1ccc(-c2nc3n(c2-c2ccncc2)CCS3)cc1. The van der Waals surface area contributed by atoms with Crippen LogP contribution in [0.1, 0.15) is 20.3 Å². The lowest BCUT2D eigenvalue weighted by Gasteiger charge is -2.20. The van der Waals surface area contributed by atoms with Crippen molar-refractivity contribution in [3.05, 3.63) is 48.8 Å². The van der Waals surface area contributed by atoms with Gasteiger partial charge in [0.15, 0.2) is 5.16 Å². The normalized spacial score (nSPS) is 12.8. The second-order valence-corrected chi connectivity index (χ2v) is 7.61. The van der Waals surface area contributed by atoms with Crippen molar-refractivity contribution in [1.29, 1.82) is 0 Å². The first-order valence-electron chi connectivity index (χ1n) is 9.21. The molecule has 6 heteroatoms. The van der Waals surface area contributed by atoms with Gasteiger partial charge in [-0.15, -0.1) is 0 Å². The number of thioether (sulfide) groups is 1. The van der Waals surface area contributed by atoms with Crippen LogP contribution in [-0.2, 0) is 11.3 Å². The van der Waals surface area contributed by atoms with Gasteiger partial charge in [-0.1, -0.05) is 30.8 Å². The second-order valence-electron chi connectivity index (χ2n) is 6.55. The van der Waals surface area contributed by atoms with Gasteiger partial charge in [-0.05, 0) is 30.7 Å². The first-order valence-corrected chi connectivity index (χ1v) is 10.2. The number of benzene rings is 1. The maximum atomic E-state index is 11.9. The van der Waals surface area contributed by atoms with Gasteiger partial charge in [0.25, 0.3) is 0 Å². The quantitative estimate of drug-likeness (QED) is 0.657. The third-order valence-electron chi connectivity index (χ3n) is 4.71. The number of rotatable bonds is 5. The van der Waals surface area contributed by atoms with E-state index in [1.165, 1.54) is 0 Å². The van der Waals surface area contributed by atoms with Gasteiger partial charge in [0.1, 0.15) is 0 Å². The van der Waals surface area contributed by atoms with Crippen LogP contribution < -0.4 is 4.90 Å². The predicted molar refractivity (Wildman–Crippen MR) is 110 cm³/mol. The van der Waals surface area contributed by atoms with E-state index in [0.29, 0.717) is 0 Å². The maximum Gasteiger partial charge on any atom is 0.223 e. The second kappa shape index (κ2) is 7.56. The molecule has 0 radical (unpaired) electrons. The van der Waals surface area contributed by atoms with E-state index in [1.807, 2.05) is 41.6 Å². The van der Waals surface area contributed by atoms with Gasteiger partial charge in [0.2, 0.25) is 5.91 Å². The highest BCUT2D eigenvalue weighted by molar-refractivity contribution is 7.99. The van der Waals surface area contributed by atoms with E-state index in [4.69, 9.17) is 4.98 Å². The third-order valence-corrected chi connectivity index (χ3v) is 5.67. The number of hydrogen-bond donors (Lipinski definition) is 0. The van der Waals surface area contributed by atoms with Crippen LogP contribution in [0.15, 0.2) is 53.9 Å². The fourth-order valence-corrected chi connectivity index (χ4v) is 4.42. The molecule has 0 fully saturated rings. The van der Waals surface area contributed by atoms with Crippen LogP contribution in [0.3, 0.4) is 0 Å². The van der Waals surface area contributed by atoms with Crippen molar-refractivity contribution >= 4 is 23.4 Å². The molecule has 3 heterocycles. The summed E-state index contributed by atoms with van der Waals surface area (Å²) in [6.07, 6.45) is 4.57. The zero-order chi connectivity index (χ0) is 18.8. The summed E-state index contributed by atoms with van der Waals surface area (Å²) in [4.78, 5) is 22.8. The molecule has 138 valence electrons. The molecule has 0 saturated carbocycles. The van der Waals surface area contributed by atoms with E-state index in [2.05, 4.69) is 28.6 Å². The molecule has 0 bridgehead atoms. The number of aromatic nitrogens is 3. The molecular weight excluding hydrogens is 356 g/mol. The van der Waals surface area contributed by atoms with Crippen molar-refractivity contribution in [2.24, 2.45) is 0 Å². The average Bonchev–Trinajstić information content (AvgIpc) is 3.28. The average molecular weight is 379 g/mol. The van der Waals surface area contributed by atoms with E-state index in [-0.39, 0.29) is 5.91 Å². The van der Waals surface area contributed by atoms with Crippen LogP contribution in [-0.4, -0.2) is 32.7 Å². The molecule has 0 saturated heterocycles. The number of fused-ring (bicyclic) bond motifs is 1. The van der Waals surface area contributed by atoms with Crippen molar-refractivity contribution in [2.45, 2.75) is 32.0 Å². The molecule has 0 aliphatic carbocycles. The summed E-state index contributed by atoms with van der Waals surface area (Å²) in [5.74, 6) is 1.13. The van der Waals surface area contributed by atoms with Crippen molar-refractivity contribution in [3.63, 3.8) is 0 Å². The van der Waals surface area contributed by atoms with E-state index < -0.39 is 0 Å². The Labute approximate surface area is 163 Å². The molecule has 4 rings (SSSR count). The van der Waals surface area contributed by atoms with Gasteiger partial charge in [0.05, 0.1) is 11.4 Å². The first-order chi connectivity index (χ1) is 13.2. The minimum absolute atomic E-state index is 0.0689. The topological polar surface area (TPSA) is 51.0 Å². The Morgan fingerprint density at radius 2 is 1.89 bits per heavy atom. The molecule has 1 amide bonds. The number of pyridine rings is 1. The largest absolute Gasteiger partial charge is 0.318 e. The molecule has 1 aliphatic rings. The Morgan fingerprint density at radius 1 is 1.15 bits per heavy atom. The summed E-state index contributed by atoms with van der Waals surface area (Å²) >= 11 is 1.79. The molecule has 2 aromatic heterocycles. The van der Waals surface area contributed by atoms with Crippen molar-refractivity contribution < 1.29 is 4.79 Å².